The third-order valence-electron chi connectivity index (χ3n) is 3.20. The number of aromatic nitrogens is 2. The Morgan fingerprint density at radius 1 is 1.09 bits per heavy atom. The SMILES string of the molecule is CN(c1cccc(Br)c1)c1nc(Cl)nc2cc(F)c(F)cc12. The average Bonchev–Trinajstić information content (AvgIpc) is 2.47. The fraction of sp³-hybridized carbons (Fsp3) is 0.0667. The minimum absolute atomic E-state index is 0.0321. The van der Waals surface area contributed by atoms with Gasteiger partial charge in [0.05, 0.1) is 5.52 Å². The quantitative estimate of drug-likeness (QED) is 0.576. The number of hydrogen-bond acceptors (Lipinski definition) is 3. The minimum atomic E-state index is -0.974. The van der Waals surface area contributed by atoms with E-state index in [1.54, 1.807) is 11.9 Å². The number of halogens is 4. The van der Waals surface area contributed by atoms with Crippen molar-refractivity contribution in [3.05, 3.63) is 57.8 Å². The molecule has 0 saturated heterocycles. The van der Waals surface area contributed by atoms with E-state index in [-0.39, 0.29) is 10.8 Å². The van der Waals surface area contributed by atoms with Gasteiger partial charge in [-0.05, 0) is 35.9 Å². The molecule has 0 N–H and O–H groups in total. The predicted octanol–water partition coefficient (Wildman–Crippen LogP) is 5.09. The molecule has 0 aliphatic heterocycles. The Kier molecular flexibility index (Phi) is 3.97. The molecule has 3 rings (SSSR count). The van der Waals surface area contributed by atoms with E-state index in [0.717, 1.165) is 22.3 Å². The molecule has 1 aromatic heterocycles. The molecule has 0 spiro atoms. The van der Waals surface area contributed by atoms with E-state index in [1.165, 1.54) is 0 Å². The first kappa shape index (κ1) is 15.1. The van der Waals surface area contributed by atoms with Gasteiger partial charge in [0.2, 0.25) is 5.28 Å². The molecule has 0 atom stereocenters. The Balaban J connectivity index is 2.23. The highest BCUT2D eigenvalue weighted by molar-refractivity contribution is 9.10. The van der Waals surface area contributed by atoms with Crippen molar-refractivity contribution >= 4 is 49.9 Å². The van der Waals surface area contributed by atoms with E-state index in [1.807, 2.05) is 24.3 Å². The summed E-state index contributed by atoms with van der Waals surface area (Å²) in [4.78, 5) is 9.83. The smallest absolute Gasteiger partial charge is 0.224 e. The summed E-state index contributed by atoms with van der Waals surface area (Å²) in [5.41, 5.74) is 1.06. The lowest BCUT2D eigenvalue weighted by atomic mass is 10.2. The zero-order valence-electron chi connectivity index (χ0n) is 11.3. The third-order valence-corrected chi connectivity index (χ3v) is 3.87. The fourth-order valence-electron chi connectivity index (χ4n) is 2.14. The summed E-state index contributed by atoms with van der Waals surface area (Å²) >= 11 is 9.30. The zero-order valence-corrected chi connectivity index (χ0v) is 13.7. The van der Waals surface area contributed by atoms with Gasteiger partial charge in [-0.25, -0.2) is 13.8 Å². The predicted molar refractivity (Wildman–Crippen MR) is 86.7 cm³/mol. The van der Waals surface area contributed by atoms with Crippen LogP contribution in [0.15, 0.2) is 40.9 Å². The van der Waals surface area contributed by atoms with Crippen LogP contribution in [0.25, 0.3) is 10.9 Å². The maximum Gasteiger partial charge on any atom is 0.224 e. The van der Waals surface area contributed by atoms with Crippen LogP contribution in [0.5, 0.6) is 0 Å². The van der Waals surface area contributed by atoms with Crippen molar-refractivity contribution in [3.8, 4) is 0 Å². The zero-order chi connectivity index (χ0) is 15.9. The molecule has 0 radical (unpaired) electrons. The van der Waals surface area contributed by atoms with Crippen LogP contribution in [-0.4, -0.2) is 17.0 Å². The summed E-state index contributed by atoms with van der Waals surface area (Å²) in [5.74, 6) is -1.53. The van der Waals surface area contributed by atoms with E-state index in [9.17, 15) is 8.78 Å². The van der Waals surface area contributed by atoms with Gasteiger partial charge in [-0.2, -0.15) is 4.98 Å². The van der Waals surface area contributed by atoms with Gasteiger partial charge < -0.3 is 4.90 Å². The highest BCUT2D eigenvalue weighted by Crippen LogP contribution is 2.32. The molecule has 3 nitrogen and oxygen atoms in total. The molecule has 0 amide bonds. The van der Waals surface area contributed by atoms with Gasteiger partial charge in [0, 0.05) is 28.7 Å². The topological polar surface area (TPSA) is 29.0 Å². The average molecular weight is 385 g/mol. The number of fused-ring (bicyclic) bond motifs is 1. The first-order valence-corrected chi connectivity index (χ1v) is 7.44. The van der Waals surface area contributed by atoms with Crippen LogP contribution in [0.2, 0.25) is 5.28 Å². The summed E-state index contributed by atoms with van der Waals surface area (Å²) in [6.45, 7) is 0. The third kappa shape index (κ3) is 2.76. The Hall–Kier alpha value is -1.79. The lowest BCUT2D eigenvalue weighted by Crippen LogP contribution is -2.12. The van der Waals surface area contributed by atoms with E-state index < -0.39 is 11.6 Å². The Morgan fingerprint density at radius 3 is 2.55 bits per heavy atom. The molecule has 7 heteroatoms. The Labute approximate surface area is 138 Å². The molecule has 0 saturated carbocycles. The van der Waals surface area contributed by atoms with E-state index in [4.69, 9.17) is 11.6 Å². The Bertz CT molecular complexity index is 873. The lowest BCUT2D eigenvalue weighted by molar-refractivity contribution is 0.510. The molecule has 0 aliphatic carbocycles. The largest absolute Gasteiger partial charge is 0.329 e. The molecular formula is C15H9BrClF2N3. The first-order valence-electron chi connectivity index (χ1n) is 6.27. The number of hydrogen-bond donors (Lipinski definition) is 0. The molecule has 0 bridgehead atoms. The van der Waals surface area contributed by atoms with Gasteiger partial charge in [-0.1, -0.05) is 22.0 Å². The molecule has 0 aliphatic rings. The van der Waals surface area contributed by atoms with E-state index in [2.05, 4.69) is 25.9 Å². The van der Waals surface area contributed by atoms with Crippen molar-refractivity contribution in [1.29, 1.82) is 0 Å². The molecule has 1 heterocycles. The van der Waals surface area contributed by atoms with Crippen molar-refractivity contribution in [1.82, 2.24) is 9.97 Å². The lowest BCUT2D eigenvalue weighted by Gasteiger charge is -2.20. The molecule has 22 heavy (non-hydrogen) atoms. The van der Waals surface area contributed by atoms with Crippen molar-refractivity contribution < 1.29 is 8.78 Å². The highest BCUT2D eigenvalue weighted by Gasteiger charge is 2.15. The van der Waals surface area contributed by atoms with Crippen molar-refractivity contribution in [2.45, 2.75) is 0 Å². The van der Waals surface area contributed by atoms with Gasteiger partial charge in [0.25, 0.3) is 0 Å². The van der Waals surface area contributed by atoms with Crippen molar-refractivity contribution in [2.75, 3.05) is 11.9 Å². The van der Waals surface area contributed by atoms with Crippen molar-refractivity contribution in [2.24, 2.45) is 0 Å². The minimum Gasteiger partial charge on any atom is -0.329 e. The summed E-state index contributed by atoms with van der Waals surface area (Å²) in [7, 11) is 1.77. The monoisotopic (exact) mass is 383 g/mol. The van der Waals surface area contributed by atoms with Crippen LogP contribution in [0.3, 0.4) is 0 Å². The molecule has 112 valence electrons. The molecule has 0 unspecified atom stereocenters. The highest BCUT2D eigenvalue weighted by atomic mass is 79.9. The Morgan fingerprint density at radius 2 is 1.82 bits per heavy atom. The summed E-state index contributed by atoms with van der Waals surface area (Å²) < 4.78 is 27.8. The van der Waals surface area contributed by atoms with Gasteiger partial charge in [-0.3, -0.25) is 0 Å². The second-order valence-corrected chi connectivity index (χ2v) is 5.89. The molecule has 2 aromatic carbocycles. The second-order valence-electron chi connectivity index (χ2n) is 4.64. The molecule has 0 fully saturated rings. The van der Waals surface area contributed by atoms with Crippen LogP contribution in [0, 0.1) is 11.6 Å². The summed E-state index contributed by atoms with van der Waals surface area (Å²) in [6, 6.07) is 9.58. The van der Waals surface area contributed by atoms with Gasteiger partial charge in [0.15, 0.2) is 11.6 Å². The van der Waals surface area contributed by atoms with Crippen molar-refractivity contribution in [3.63, 3.8) is 0 Å². The van der Waals surface area contributed by atoms with Gasteiger partial charge in [0.1, 0.15) is 5.82 Å². The number of rotatable bonds is 2. The summed E-state index contributed by atoms with van der Waals surface area (Å²) in [6.07, 6.45) is 0. The van der Waals surface area contributed by atoms with E-state index in [0.29, 0.717) is 11.2 Å². The molecular weight excluding hydrogens is 376 g/mol. The van der Waals surface area contributed by atoms with E-state index >= 15 is 0 Å². The second kappa shape index (κ2) is 5.78. The van der Waals surface area contributed by atoms with Gasteiger partial charge >= 0.3 is 0 Å². The maximum atomic E-state index is 13.6. The van der Waals surface area contributed by atoms with Gasteiger partial charge in [-0.15, -0.1) is 0 Å². The normalized spacial score (nSPS) is 11.0. The number of benzene rings is 2. The van der Waals surface area contributed by atoms with Crippen LogP contribution >= 0.6 is 27.5 Å². The maximum absolute atomic E-state index is 13.6. The first-order chi connectivity index (χ1) is 10.5. The van der Waals surface area contributed by atoms with Crippen LogP contribution in [0.1, 0.15) is 0 Å². The number of nitrogens with zero attached hydrogens (tertiary/aromatic N) is 3. The van der Waals surface area contributed by atoms with Crippen LogP contribution in [-0.2, 0) is 0 Å². The summed E-state index contributed by atoms with van der Waals surface area (Å²) in [5, 5.41) is 0.348. The molecule has 3 aromatic rings. The number of anilines is 2. The standard InChI is InChI=1S/C15H9BrClF2N3/c1-22(9-4-2-3-8(16)5-9)14-10-6-11(18)12(19)7-13(10)20-15(17)21-14/h2-7H,1H3. The fourth-order valence-corrected chi connectivity index (χ4v) is 2.70. The van der Waals surface area contributed by atoms with Crippen LogP contribution in [0.4, 0.5) is 20.3 Å². The van der Waals surface area contributed by atoms with Crippen LogP contribution < -0.4 is 4.90 Å².